The van der Waals surface area contributed by atoms with Crippen molar-refractivity contribution in [1.29, 1.82) is 0 Å². The molecule has 0 aliphatic carbocycles. The van der Waals surface area contributed by atoms with Crippen LogP contribution >= 0.6 is 27.5 Å². The maximum absolute atomic E-state index is 5.92. The van der Waals surface area contributed by atoms with Gasteiger partial charge in [-0.1, -0.05) is 0 Å². The molecule has 14 heavy (non-hydrogen) atoms. The molecular weight excluding hydrogens is 263 g/mol. The van der Waals surface area contributed by atoms with Gasteiger partial charge in [0, 0.05) is 25.2 Å². The lowest BCUT2D eigenvalue weighted by Gasteiger charge is -2.20. The smallest absolute Gasteiger partial charge is 0.142 e. The number of anilines is 1. The summed E-state index contributed by atoms with van der Waals surface area (Å²) in [4.78, 5) is 6.39. The van der Waals surface area contributed by atoms with Crippen molar-refractivity contribution in [2.75, 3.05) is 18.5 Å². The van der Waals surface area contributed by atoms with Gasteiger partial charge >= 0.3 is 0 Å². The van der Waals surface area contributed by atoms with E-state index in [4.69, 9.17) is 11.6 Å². The molecule has 1 atom stereocenters. The van der Waals surface area contributed by atoms with Crippen LogP contribution in [-0.4, -0.2) is 24.0 Å². The second kappa shape index (κ2) is 4.99. The molecule has 0 aliphatic rings. The Hall–Kier alpha value is -0.280. The molecule has 4 heteroatoms. The largest absolute Gasteiger partial charge is 0.357 e. The highest BCUT2D eigenvalue weighted by Gasteiger charge is 2.09. The first kappa shape index (κ1) is 11.8. The minimum atomic E-state index is 0.120. The molecule has 1 aromatic heterocycles. The maximum atomic E-state index is 5.92. The second-order valence-corrected chi connectivity index (χ2v) is 5.08. The molecule has 0 spiro atoms. The van der Waals surface area contributed by atoms with Gasteiger partial charge in [0.15, 0.2) is 0 Å². The number of rotatable bonds is 3. The average Bonchev–Trinajstić information content (AvgIpc) is 2.01. The third kappa shape index (κ3) is 3.14. The highest BCUT2D eigenvalue weighted by molar-refractivity contribution is 9.10. The Labute approximate surface area is 98.4 Å². The highest BCUT2D eigenvalue weighted by Crippen LogP contribution is 2.23. The standard InChI is InChI=1S/C10H14BrClN2/c1-7-4-9(11)10(13-5-7)14(3)6-8(2)12/h4-5,8H,6H2,1-3H3. The van der Waals surface area contributed by atoms with Gasteiger partial charge in [0.2, 0.25) is 0 Å². The van der Waals surface area contributed by atoms with Crippen LogP contribution in [0, 0.1) is 6.92 Å². The van der Waals surface area contributed by atoms with E-state index in [0.717, 1.165) is 22.4 Å². The lowest BCUT2D eigenvalue weighted by atomic mass is 10.3. The quantitative estimate of drug-likeness (QED) is 0.789. The molecule has 0 fully saturated rings. The summed E-state index contributed by atoms with van der Waals surface area (Å²) in [6.45, 7) is 4.78. The number of aryl methyl sites for hydroxylation is 1. The molecule has 0 amide bonds. The van der Waals surface area contributed by atoms with Crippen molar-refractivity contribution < 1.29 is 0 Å². The van der Waals surface area contributed by atoms with Crippen LogP contribution in [0.2, 0.25) is 0 Å². The zero-order valence-corrected chi connectivity index (χ0v) is 10.9. The highest BCUT2D eigenvalue weighted by atomic mass is 79.9. The van der Waals surface area contributed by atoms with Crippen molar-refractivity contribution in [3.63, 3.8) is 0 Å². The number of hydrogen-bond acceptors (Lipinski definition) is 2. The summed E-state index contributed by atoms with van der Waals surface area (Å²) in [5.41, 5.74) is 1.15. The van der Waals surface area contributed by atoms with Gasteiger partial charge in [-0.3, -0.25) is 0 Å². The maximum Gasteiger partial charge on any atom is 0.142 e. The van der Waals surface area contributed by atoms with E-state index in [1.165, 1.54) is 0 Å². The lowest BCUT2D eigenvalue weighted by molar-refractivity contribution is 0.841. The van der Waals surface area contributed by atoms with E-state index in [2.05, 4.69) is 27.0 Å². The molecule has 1 heterocycles. The number of hydrogen-bond donors (Lipinski definition) is 0. The van der Waals surface area contributed by atoms with Crippen LogP contribution in [0.15, 0.2) is 16.7 Å². The average molecular weight is 278 g/mol. The first-order valence-corrected chi connectivity index (χ1v) is 5.71. The minimum Gasteiger partial charge on any atom is -0.357 e. The zero-order valence-electron chi connectivity index (χ0n) is 8.59. The van der Waals surface area contributed by atoms with Crippen molar-refractivity contribution in [3.8, 4) is 0 Å². The summed E-state index contributed by atoms with van der Waals surface area (Å²) >= 11 is 9.41. The van der Waals surface area contributed by atoms with E-state index in [1.54, 1.807) is 0 Å². The number of aromatic nitrogens is 1. The normalized spacial score (nSPS) is 12.6. The fourth-order valence-electron chi connectivity index (χ4n) is 1.27. The van der Waals surface area contributed by atoms with Crippen molar-refractivity contribution in [3.05, 3.63) is 22.3 Å². The summed E-state index contributed by atoms with van der Waals surface area (Å²) in [5, 5.41) is 0.120. The molecule has 1 unspecified atom stereocenters. The molecule has 78 valence electrons. The predicted molar refractivity (Wildman–Crippen MR) is 65.3 cm³/mol. The van der Waals surface area contributed by atoms with Crippen LogP contribution in [-0.2, 0) is 0 Å². The van der Waals surface area contributed by atoms with E-state index in [-0.39, 0.29) is 5.38 Å². The summed E-state index contributed by atoms with van der Waals surface area (Å²) in [5.74, 6) is 0.933. The van der Waals surface area contributed by atoms with E-state index in [9.17, 15) is 0 Å². The van der Waals surface area contributed by atoms with E-state index >= 15 is 0 Å². The van der Waals surface area contributed by atoms with Crippen molar-refractivity contribution >= 4 is 33.3 Å². The van der Waals surface area contributed by atoms with E-state index < -0.39 is 0 Å². The number of halogens is 2. The van der Waals surface area contributed by atoms with Gasteiger partial charge in [-0.15, -0.1) is 11.6 Å². The Morgan fingerprint density at radius 1 is 1.64 bits per heavy atom. The number of alkyl halides is 1. The zero-order chi connectivity index (χ0) is 10.7. The molecule has 0 bridgehead atoms. The molecule has 0 aromatic carbocycles. The van der Waals surface area contributed by atoms with Gasteiger partial charge in [0.25, 0.3) is 0 Å². The van der Waals surface area contributed by atoms with Crippen molar-refractivity contribution in [2.24, 2.45) is 0 Å². The molecule has 0 N–H and O–H groups in total. The van der Waals surface area contributed by atoms with Crippen LogP contribution in [0.4, 0.5) is 5.82 Å². The Morgan fingerprint density at radius 2 is 2.29 bits per heavy atom. The third-order valence-corrected chi connectivity index (χ3v) is 2.57. The molecule has 1 aromatic rings. The molecule has 2 nitrogen and oxygen atoms in total. The number of pyridine rings is 1. The van der Waals surface area contributed by atoms with Crippen LogP contribution < -0.4 is 4.90 Å². The van der Waals surface area contributed by atoms with Crippen molar-refractivity contribution in [1.82, 2.24) is 4.98 Å². The Balaban J connectivity index is 2.84. The van der Waals surface area contributed by atoms with Gasteiger partial charge in [0.05, 0.1) is 4.47 Å². The van der Waals surface area contributed by atoms with Gasteiger partial charge in [-0.2, -0.15) is 0 Å². The topological polar surface area (TPSA) is 16.1 Å². The third-order valence-electron chi connectivity index (χ3n) is 1.85. The van der Waals surface area contributed by atoms with Crippen LogP contribution in [0.3, 0.4) is 0 Å². The molecule has 0 saturated carbocycles. The number of nitrogens with zero attached hydrogens (tertiary/aromatic N) is 2. The van der Waals surface area contributed by atoms with E-state index in [1.807, 2.05) is 32.0 Å². The molecular formula is C10H14BrClN2. The fourth-order valence-corrected chi connectivity index (χ4v) is 2.24. The Kier molecular flexibility index (Phi) is 4.20. The second-order valence-electron chi connectivity index (χ2n) is 3.48. The SMILES string of the molecule is Cc1cnc(N(C)CC(C)Cl)c(Br)c1. The molecule has 0 saturated heterocycles. The Morgan fingerprint density at radius 3 is 2.79 bits per heavy atom. The molecule has 0 radical (unpaired) electrons. The summed E-state index contributed by atoms with van der Waals surface area (Å²) in [6.07, 6.45) is 1.86. The van der Waals surface area contributed by atoms with Crippen LogP contribution in [0.5, 0.6) is 0 Å². The van der Waals surface area contributed by atoms with Gasteiger partial charge < -0.3 is 4.90 Å². The Bertz CT molecular complexity index is 315. The monoisotopic (exact) mass is 276 g/mol. The van der Waals surface area contributed by atoms with Gasteiger partial charge in [-0.05, 0) is 41.4 Å². The summed E-state index contributed by atoms with van der Waals surface area (Å²) in [6, 6.07) is 2.05. The first-order chi connectivity index (χ1) is 6.50. The van der Waals surface area contributed by atoms with Gasteiger partial charge in [0.1, 0.15) is 5.82 Å². The lowest BCUT2D eigenvalue weighted by Crippen LogP contribution is -2.25. The summed E-state index contributed by atoms with van der Waals surface area (Å²) < 4.78 is 1.01. The predicted octanol–water partition coefficient (Wildman–Crippen LogP) is 3.22. The molecule has 0 aliphatic heterocycles. The van der Waals surface area contributed by atoms with Gasteiger partial charge in [-0.25, -0.2) is 4.98 Å². The van der Waals surface area contributed by atoms with Crippen molar-refractivity contribution in [2.45, 2.75) is 19.2 Å². The van der Waals surface area contributed by atoms with Crippen LogP contribution in [0.25, 0.3) is 0 Å². The minimum absolute atomic E-state index is 0.120. The first-order valence-electron chi connectivity index (χ1n) is 4.48. The fraction of sp³-hybridized carbons (Fsp3) is 0.500. The molecule has 1 rings (SSSR count). The van der Waals surface area contributed by atoms with E-state index in [0.29, 0.717) is 0 Å². The van der Waals surface area contributed by atoms with Crippen LogP contribution in [0.1, 0.15) is 12.5 Å². The summed E-state index contributed by atoms with van der Waals surface area (Å²) in [7, 11) is 1.99.